The number of anilines is 1. The Labute approximate surface area is 131 Å². The van der Waals surface area contributed by atoms with E-state index in [0.29, 0.717) is 13.1 Å². The van der Waals surface area contributed by atoms with Crippen molar-refractivity contribution in [3.05, 3.63) is 18.3 Å². The van der Waals surface area contributed by atoms with E-state index >= 15 is 0 Å². The highest BCUT2D eigenvalue weighted by molar-refractivity contribution is 6.62. The Hall–Kier alpha value is -1.60. The highest BCUT2D eigenvalue weighted by atomic mass is 16.7. The highest BCUT2D eigenvalue weighted by Crippen LogP contribution is 2.36. The van der Waals surface area contributed by atoms with E-state index in [1.165, 1.54) is 0 Å². The maximum Gasteiger partial charge on any atom is 0.496 e. The van der Waals surface area contributed by atoms with Crippen LogP contribution in [0.1, 0.15) is 27.7 Å². The van der Waals surface area contributed by atoms with Gasteiger partial charge in [0.1, 0.15) is 5.82 Å². The Morgan fingerprint density at radius 3 is 2.45 bits per heavy atom. The standard InChI is InChI=1S/C15H22BN3O3/c1-14(2)15(3,4)22-16(21-14)11-5-6-12(18-9-11)19-8-7-17-13(20)10-19/h5-6,9H,7-8,10H2,1-4H3,(H,17,20). The lowest BCUT2D eigenvalue weighted by atomic mass is 9.80. The van der Waals surface area contributed by atoms with Crippen molar-refractivity contribution < 1.29 is 14.1 Å². The molecule has 0 radical (unpaired) electrons. The normalized spacial score (nSPS) is 23.5. The van der Waals surface area contributed by atoms with Gasteiger partial charge < -0.3 is 19.5 Å². The van der Waals surface area contributed by atoms with E-state index in [1.807, 2.05) is 44.7 Å². The average Bonchev–Trinajstić information content (AvgIpc) is 2.68. The number of rotatable bonds is 2. The number of pyridine rings is 1. The maximum atomic E-state index is 11.4. The Bertz CT molecular complexity index is 558. The van der Waals surface area contributed by atoms with Crippen molar-refractivity contribution in [2.24, 2.45) is 0 Å². The number of nitrogens with zero attached hydrogens (tertiary/aromatic N) is 2. The van der Waals surface area contributed by atoms with Gasteiger partial charge in [-0.25, -0.2) is 4.98 Å². The first kappa shape index (κ1) is 15.3. The van der Waals surface area contributed by atoms with Crippen LogP contribution in [0.5, 0.6) is 0 Å². The first-order chi connectivity index (χ1) is 10.3. The minimum Gasteiger partial charge on any atom is -0.399 e. The first-order valence-corrected chi connectivity index (χ1v) is 7.62. The lowest BCUT2D eigenvalue weighted by Crippen LogP contribution is -2.48. The van der Waals surface area contributed by atoms with Crippen LogP contribution in [0.2, 0.25) is 0 Å². The van der Waals surface area contributed by atoms with Gasteiger partial charge in [0, 0.05) is 24.7 Å². The van der Waals surface area contributed by atoms with Gasteiger partial charge in [0.25, 0.3) is 0 Å². The van der Waals surface area contributed by atoms with Crippen molar-refractivity contribution in [2.45, 2.75) is 38.9 Å². The molecular formula is C15H22BN3O3. The van der Waals surface area contributed by atoms with Gasteiger partial charge in [-0.1, -0.05) is 6.07 Å². The number of piperazine rings is 1. The Kier molecular flexibility index (Phi) is 3.65. The third-order valence-corrected chi connectivity index (χ3v) is 4.66. The Morgan fingerprint density at radius 2 is 1.91 bits per heavy atom. The molecule has 0 saturated carbocycles. The van der Waals surface area contributed by atoms with Gasteiger partial charge >= 0.3 is 7.12 Å². The smallest absolute Gasteiger partial charge is 0.399 e. The largest absolute Gasteiger partial charge is 0.496 e. The van der Waals surface area contributed by atoms with Gasteiger partial charge in [-0.3, -0.25) is 4.79 Å². The fraction of sp³-hybridized carbons (Fsp3) is 0.600. The van der Waals surface area contributed by atoms with Gasteiger partial charge in [0.15, 0.2) is 0 Å². The Morgan fingerprint density at radius 1 is 1.23 bits per heavy atom. The molecule has 0 unspecified atom stereocenters. The lowest BCUT2D eigenvalue weighted by Gasteiger charge is -2.32. The van der Waals surface area contributed by atoms with E-state index in [9.17, 15) is 4.79 Å². The molecule has 3 heterocycles. The van der Waals surface area contributed by atoms with Crippen molar-refractivity contribution in [3.63, 3.8) is 0 Å². The summed E-state index contributed by atoms with van der Waals surface area (Å²) in [5.41, 5.74) is 0.173. The molecular weight excluding hydrogens is 281 g/mol. The third kappa shape index (κ3) is 2.70. The van der Waals surface area contributed by atoms with E-state index < -0.39 is 7.12 Å². The molecule has 2 aliphatic heterocycles. The molecule has 2 fully saturated rings. The third-order valence-electron chi connectivity index (χ3n) is 4.66. The molecule has 2 saturated heterocycles. The molecule has 1 N–H and O–H groups in total. The first-order valence-electron chi connectivity index (χ1n) is 7.62. The second-order valence-corrected chi connectivity index (χ2v) is 6.81. The quantitative estimate of drug-likeness (QED) is 0.797. The fourth-order valence-electron chi connectivity index (χ4n) is 2.54. The van der Waals surface area contributed by atoms with Crippen LogP contribution in [0.15, 0.2) is 18.3 Å². The van der Waals surface area contributed by atoms with E-state index in [0.717, 1.165) is 17.8 Å². The van der Waals surface area contributed by atoms with Gasteiger partial charge in [-0.05, 0) is 33.8 Å². The van der Waals surface area contributed by atoms with Crippen LogP contribution in [0.4, 0.5) is 5.82 Å². The SMILES string of the molecule is CC1(C)OB(c2ccc(N3CCNC(=O)C3)nc2)OC1(C)C. The van der Waals surface area contributed by atoms with E-state index in [2.05, 4.69) is 10.3 Å². The second-order valence-electron chi connectivity index (χ2n) is 6.81. The van der Waals surface area contributed by atoms with E-state index in [4.69, 9.17) is 9.31 Å². The molecule has 2 aliphatic rings. The molecule has 0 spiro atoms. The van der Waals surface area contributed by atoms with Crippen LogP contribution in [0.3, 0.4) is 0 Å². The number of aromatic nitrogens is 1. The summed E-state index contributed by atoms with van der Waals surface area (Å²) in [4.78, 5) is 17.9. The zero-order valence-corrected chi connectivity index (χ0v) is 13.5. The fourth-order valence-corrected chi connectivity index (χ4v) is 2.54. The molecule has 0 aromatic carbocycles. The van der Waals surface area contributed by atoms with Crippen molar-refractivity contribution in [1.29, 1.82) is 0 Å². The second kappa shape index (κ2) is 5.24. The number of hydrogen-bond donors (Lipinski definition) is 1. The predicted octanol–water partition coefficient (Wildman–Crippen LogP) is 0.317. The van der Waals surface area contributed by atoms with Crippen LogP contribution >= 0.6 is 0 Å². The van der Waals surface area contributed by atoms with E-state index in [-0.39, 0.29) is 17.1 Å². The zero-order chi connectivity index (χ0) is 16.0. The summed E-state index contributed by atoms with van der Waals surface area (Å²) in [6.07, 6.45) is 1.77. The van der Waals surface area contributed by atoms with Crippen LogP contribution < -0.4 is 15.7 Å². The van der Waals surface area contributed by atoms with Crippen molar-refractivity contribution in [2.75, 3.05) is 24.5 Å². The van der Waals surface area contributed by atoms with Crippen LogP contribution in [0.25, 0.3) is 0 Å². The number of carbonyl (C=O) groups is 1. The van der Waals surface area contributed by atoms with Crippen LogP contribution in [-0.2, 0) is 14.1 Å². The summed E-state index contributed by atoms with van der Waals surface area (Å²) in [6, 6.07) is 3.87. The monoisotopic (exact) mass is 303 g/mol. The molecule has 0 atom stereocenters. The summed E-state index contributed by atoms with van der Waals surface area (Å²) in [7, 11) is -0.406. The summed E-state index contributed by atoms with van der Waals surface area (Å²) in [5, 5.41) is 2.81. The van der Waals surface area contributed by atoms with Gasteiger partial charge in [-0.2, -0.15) is 0 Å². The zero-order valence-electron chi connectivity index (χ0n) is 13.5. The minimum absolute atomic E-state index is 0.0306. The molecule has 3 rings (SSSR count). The highest BCUT2D eigenvalue weighted by Gasteiger charge is 2.51. The summed E-state index contributed by atoms with van der Waals surface area (Å²) < 4.78 is 12.0. The molecule has 7 heteroatoms. The summed E-state index contributed by atoms with van der Waals surface area (Å²) in [5.74, 6) is 0.832. The molecule has 1 aromatic rings. The minimum atomic E-state index is -0.406. The molecule has 1 aromatic heterocycles. The van der Waals surface area contributed by atoms with Gasteiger partial charge in [0.05, 0.1) is 17.7 Å². The van der Waals surface area contributed by atoms with Gasteiger partial charge in [-0.15, -0.1) is 0 Å². The van der Waals surface area contributed by atoms with Crippen LogP contribution in [0, 0.1) is 0 Å². The molecule has 1 amide bonds. The van der Waals surface area contributed by atoms with Crippen molar-refractivity contribution in [3.8, 4) is 0 Å². The Balaban J connectivity index is 1.74. The average molecular weight is 303 g/mol. The molecule has 22 heavy (non-hydrogen) atoms. The van der Waals surface area contributed by atoms with Crippen molar-refractivity contribution >= 4 is 24.3 Å². The van der Waals surface area contributed by atoms with Crippen molar-refractivity contribution in [1.82, 2.24) is 10.3 Å². The summed E-state index contributed by atoms with van der Waals surface area (Å²) in [6.45, 7) is 9.89. The van der Waals surface area contributed by atoms with Crippen LogP contribution in [-0.4, -0.2) is 48.8 Å². The topological polar surface area (TPSA) is 63.7 Å². The number of amides is 1. The number of hydrogen-bond acceptors (Lipinski definition) is 5. The predicted molar refractivity (Wildman–Crippen MR) is 85.2 cm³/mol. The molecule has 118 valence electrons. The molecule has 0 aliphatic carbocycles. The number of carbonyl (C=O) groups excluding carboxylic acids is 1. The number of nitrogens with one attached hydrogen (secondary N) is 1. The molecule has 6 nitrogen and oxygen atoms in total. The molecule has 0 bridgehead atoms. The summed E-state index contributed by atoms with van der Waals surface area (Å²) >= 11 is 0. The van der Waals surface area contributed by atoms with E-state index in [1.54, 1.807) is 6.20 Å². The lowest BCUT2D eigenvalue weighted by molar-refractivity contribution is -0.120. The van der Waals surface area contributed by atoms with Gasteiger partial charge in [0.2, 0.25) is 5.91 Å². The maximum absolute atomic E-state index is 11.4.